The molecular weight excluding hydrogens is 230 g/mol. The molecule has 0 amide bonds. The molecule has 1 N–H and O–H groups in total. The third-order valence-corrected chi connectivity index (χ3v) is 6.29. The van der Waals surface area contributed by atoms with E-state index in [1.807, 2.05) is 0 Å². The Balaban J connectivity index is 1.83. The van der Waals surface area contributed by atoms with Crippen LogP contribution < -0.4 is 5.32 Å². The minimum Gasteiger partial charge on any atom is -0.316 e. The minimum atomic E-state index is 0.815. The summed E-state index contributed by atoms with van der Waals surface area (Å²) in [5.41, 5.74) is 0. The Morgan fingerprint density at radius 1 is 0.737 bits per heavy atom. The van der Waals surface area contributed by atoms with Crippen LogP contribution in [0, 0.1) is 23.7 Å². The van der Waals surface area contributed by atoms with Crippen LogP contribution in [0.15, 0.2) is 0 Å². The second-order valence-electron chi connectivity index (χ2n) is 7.19. The summed E-state index contributed by atoms with van der Waals surface area (Å²) in [6.07, 6.45) is 14.7. The zero-order valence-corrected chi connectivity index (χ0v) is 13.5. The summed E-state index contributed by atoms with van der Waals surface area (Å²) in [5, 5.41) is 3.71. The Morgan fingerprint density at radius 3 is 1.37 bits per heavy atom. The van der Waals surface area contributed by atoms with Crippen LogP contribution in [0.25, 0.3) is 0 Å². The highest BCUT2D eigenvalue weighted by Gasteiger charge is 2.33. The zero-order valence-electron chi connectivity index (χ0n) is 13.5. The first-order valence-electron chi connectivity index (χ1n) is 8.95. The van der Waals surface area contributed by atoms with Crippen molar-refractivity contribution in [2.24, 2.45) is 23.7 Å². The molecule has 1 nitrogen and oxygen atoms in total. The monoisotopic (exact) mass is 265 g/mol. The predicted octanol–water partition coefficient (Wildman–Crippen LogP) is 5.01. The number of nitrogens with one attached hydrogen (secondary N) is 1. The highest BCUT2D eigenvalue weighted by molar-refractivity contribution is 4.88. The topological polar surface area (TPSA) is 12.0 Å². The van der Waals surface area contributed by atoms with Crippen molar-refractivity contribution >= 4 is 0 Å². The summed E-state index contributed by atoms with van der Waals surface area (Å²) in [6, 6.07) is 0.815. The summed E-state index contributed by atoms with van der Waals surface area (Å²) >= 11 is 0. The molecule has 0 heterocycles. The summed E-state index contributed by atoms with van der Waals surface area (Å²) in [6.45, 7) is 4.74. The second kappa shape index (κ2) is 7.67. The Morgan fingerprint density at radius 2 is 1.11 bits per heavy atom. The molecule has 0 bridgehead atoms. The largest absolute Gasteiger partial charge is 0.316 e. The molecule has 2 saturated carbocycles. The van der Waals surface area contributed by atoms with Gasteiger partial charge in [0.05, 0.1) is 0 Å². The van der Waals surface area contributed by atoms with E-state index >= 15 is 0 Å². The van der Waals surface area contributed by atoms with E-state index < -0.39 is 0 Å². The quantitative estimate of drug-likeness (QED) is 0.737. The lowest BCUT2D eigenvalue weighted by molar-refractivity contribution is 0.141. The van der Waals surface area contributed by atoms with Gasteiger partial charge in [-0.25, -0.2) is 0 Å². The van der Waals surface area contributed by atoms with Crippen molar-refractivity contribution in [2.45, 2.75) is 84.1 Å². The smallest absolute Gasteiger partial charge is 0.0121 e. The lowest BCUT2D eigenvalue weighted by Crippen LogP contribution is -2.43. The van der Waals surface area contributed by atoms with Crippen LogP contribution in [0.5, 0.6) is 0 Å². The van der Waals surface area contributed by atoms with Gasteiger partial charge in [-0.1, -0.05) is 52.4 Å². The molecule has 0 aliphatic heterocycles. The number of hydrogen-bond acceptors (Lipinski definition) is 1. The van der Waals surface area contributed by atoms with Gasteiger partial charge in [0.25, 0.3) is 0 Å². The Hall–Kier alpha value is -0.0400. The summed E-state index contributed by atoms with van der Waals surface area (Å²) in [5.74, 6) is 4.00. The maximum Gasteiger partial charge on any atom is 0.0121 e. The lowest BCUT2D eigenvalue weighted by Gasteiger charge is -2.40. The molecule has 0 spiro atoms. The number of rotatable bonds is 5. The van der Waals surface area contributed by atoms with E-state index in [2.05, 4.69) is 26.2 Å². The van der Waals surface area contributed by atoms with Crippen LogP contribution in [0.2, 0.25) is 0 Å². The van der Waals surface area contributed by atoms with Crippen molar-refractivity contribution in [3.8, 4) is 0 Å². The molecule has 0 aromatic rings. The van der Waals surface area contributed by atoms with Crippen LogP contribution in [0.1, 0.15) is 78.1 Å². The summed E-state index contributed by atoms with van der Waals surface area (Å²) < 4.78 is 0. The first kappa shape index (κ1) is 15.4. The average Bonchev–Trinajstić information content (AvgIpc) is 2.49. The Bertz CT molecular complexity index is 210. The van der Waals surface area contributed by atoms with Gasteiger partial charge in [-0.15, -0.1) is 0 Å². The van der Waals surface area contributed by atoms with Crippen molar-refractivity contribution in [1.29, 1.82) is 0 Å². The van der Waals surface area contributed by atoms with Gasteiger partial charge >= 0.3 is 0 Å². The van der Waals surface area contributed by atoms with Gasteiger partial charge < -0.3 is 5.32 Å². The van der Waals surface area contributed by atoms with Gasteiger partial charge in [-0.05, 0) is 56.4 Å². The normalized spacial score (nSPS) is 38.1. The molecular formula is C18H35N. The Kier molecular flexibility index (Phi) is 6.19. The highest BCUT2D eigenvalue weighted by Crippen LogP contribution is 2.39. The maximum atomic E-state index is 3.71. The molecule has 0 aromatic carbocycles. The van der Waals surface area contributed by atoms with Crippen molar-refractivity contribution in [2.75, 3.05) is 7.05 Å². The van der Waals surface area contributed by atoms with E-state index in [9.17, 15) is 0 Å². The molecule has 2 rings (SSSR count). The standard InChI is InChI=1S/C18H35N/c1-4-14-6-10-16(11-7-14)18(19-3)17-12-8-15(5-2)9-13-17/h14-19H,4-13H2,1-3H3. The molecule has 2 aliphatic rings. The fourth-order valence-corrected chi connectivity index (χ4v) is 4.77. The van der Waals surface area contributed by atoms with Gasteiger partial charge in [0.2, 0.25) is 0 Å². The van der Waals surface area contributed by atoms with Crippen molar-refractivity contribution in [1.82, 2.24) is 5.32 Å². The van der Waals surface area contributed by atoms with E-state index in [-0.39, 0.29) is 0 Å². The zero-order chi connectivity index (χ0) is 13.7. The lowest BCUT2D eigenvalue weighted by atomic mass is 9.69. The molecule has 0 unspecified atom stereocenters. The van der Waals surface area contributed by atoms with Crippen LogP contribution in [0.3, 0.4) is 0 Å². The van der Waals surface area contributed by atoms with Crippen LogP contribution in [0.4, 0.5) is 0 Å². The van der Waals surface area contributed by atoms with Gasteiger partial charge in [-0.2, -0.15) is 0 Å². The predicted molar refractivity (Wildman–Crippen MR) is 84.3 cm³/mol. The van der Waals surface area contributed by atoms with Crippen LogP contribution >= 0.6 is 0 Å². The molecule has 0 radical (unpaired) electrons. The molecule has 2 aliphatic carbocycles. The van der Waals surface area contributed by atoms with E-state index in [1.165, 1.54) is 64.2 Å². The SMILES string of the molecule is CCC1CCC(C(NC)C2CCC(CC)CC2)CC1. The third kappa shape index (κ3) is 3.97. The average molecular weight is 265 g/mol. The molecule has 0 atom stereocenters. The molecule has 112 valence electrons. The van der Waals surface area contributed by atoms with E-state index in [1.54, 1.807) is 0 Å². The van der Waals surface area contributed by atoms with Crippen LogP contribution in [-0.4, -0.2) is 13.1 Å². The van der Waals surface area contributed by atoms with Crippen LogP contribution in [-0.2, 0) is 0 Å². The first-order chi connectivity index (χ1) is 9.28. The fourth-order valence-electron chi connectivity index (χ4n) is 4.77. The van der Waals surface area contributed by atoms with E-state index in [0.29, 0.717) is 0 Å². The van der Waals surface area contributed by atoms with Crippen molar-refractivity contribution in [3.05, 3.63) is 0 Å². The molecule has 0 saturated heterocycles. The van der Waals surface area contributed by atoms with Gasteiger partial charge in [0.1, 0.15) is 0 Å². The van der Waals surface area contributed by atoms with E-state index in [0.717, 1.165) is 29.7 Å². The van der Waals surface area contributed by atoms with Crippen molar-refractivity contribution < 1.29 is 0 Å². The first-order valence-corrected chi connectivity index (χ1v) is 8.95. The maximum absolute atomic E-state index is 3.71. The van der Waals surface area contributed by atoms with E-state index in [4.69, 9.17) is 0 Å². The highest BCUT2D eigenvalue weighted by atomic mass is 14.9. The number of hydrogen-bond donors (Lipinski definition) is 1. The molecule has 2 fully saturated rings. The molecule has 0 aromatic heterocycles. The summed E-state index contributed by atoms with van der Waals surface area (Å²) in [7, 11) is 2.21. The minimum absolute atomic E-state index is 0.815. The second-order valence-corrected chi connectivity index (χ2v) is 7.19. The molecule has 19 heavy (non-hydrogen) atoms. The van der Waals surface area contributed by atoms with Gasteiger partial charge in [-0.3, -0.25) is 0 Å². The van der Waals surface area contributed by atoms with Gasteiger partial charge in [0, 0.05) is 6.04 Å². The van der Waals surface area contributed by atoms with Crippen molar-refractivity contribution in [3.63, 3.8) is 0 Å². The molecule has 1 heteroatoms. The fraction of sp³-hybridized carbons (Fsp3) is 1.00. The summed E-state index contributed by atoms with van der Waals surface area (Å²) in [4.78, 5) is 0. The van der Waals surface area contributed by atoms with Gasteiger partial charge in [0.15, 0.2) is 0 Å². The Labute approximate surface area is 120 Å². The third-order valence-electron chi connectivity index (χ3n) is 6.29.